The van der Waals surface area contributed by atoms with Crippen LogP contribution in [0.2, 0.25) is 0 Å². The number of hydrogen-bond acceptors (Lipinski definition) is 4. The molecule has 2 heterocycles. The molecule has 2 rings (SSSR count). The molecule has 0 radical (unpaired) electrons. The average molecular weight is 298 g/mol. The van der Waals surface area contributed by atoms with Crippen molar-refractivity contribution < 1.29 is 0 Å². The third kappa shape index (κ3) is 2.38. The van der Waals surface area contributed by atoms with Crippen molar-refractivity contribution in [3.63, 3.8) is 0 Å². The first-order valence-corrected chi connectivity index (χ1v) is 5.81. The highest BCUT2D eigenvalue weighted by Gasteiger charge is 2.07. The summed E-state index contributed by atoms with van der Waals surface area (Å²) in [5.41, 5.74) is 1.53. The molecule has 2 aromatic heterocycles. The minimum absolute atomic E-state index is 0.167. The van der Waals surface area contributed by atoms with E-state index < -0.39 is 0 Å². The van der Waals surface area contributed by atoms with Crippen LogP contribution in [0.1, 0.15) is 5.69 Å². The van der Waals surface area contributed by atoms with E-state index >= 15 is 0 Å². The molecule has 7 heteroatoms. The second-order valence-corrected chi connectivity index (χ2v) is 4.39. The Morgan fingerprint density at radius 2 is 2.12 bits per heavy atom. The summed E-state index contributed by atoms with van der Waals surface area (Å²) < 4.78 is 3.53. The molecule has 2 aromatic rings. The molecule has 90 valence electrons. The second-order valence-electron chi connectivity index (χ2n) is 3.60. The molecule has 0 saturated carbocycles. The van der Waals surface area contributed by atoms with Crippen LogP contribution in [0, 0.1) is 0 Å². The van der Waals surface area contributed by atoms with Gasteiger partial charge in [-0.25, -0.2) is 4.68 Å². The van der Waals surface area contributed by atoms with Gasteiger partial charge in [0.25, 0.3) is 5.56 Å². The summed E-state index contributed by atoms with van der Waals surface area (Å²) in [5.74, 6) is 0. The molecule has 0 fully saturated rings. The maximum atomic E-state index is 11.6. The van der Waals surface area contributed by atoms with Crippen LogP contribution in [0.4, 0.5) is 5.69 Å². The molecular weight excluding hydrogens is 286 g/mol. The summed E-state index contributed by atoms with van der Waals surface area (Å²) >= 11 is 3.26. The van der Waals surface area contributed by atoms with E-state index in [0.29, 0.717) is 16.7 Å². The van der Waals surface area contributed by atoms with E-state index in [4.69, 9.17) is 0 Å². The number of nitrogens with one attached hydrogen (secondary N) is 1. The Hall–Kier alpha value is -1.63. The maximum Gasteiger partial charge on any atom is 0.282 e. The summed E-state index contributed by atoms with van der Waals surface area (Å²) in [7, 11) is 3.48. The number of halogens is 1. The first-order chi connectivity index (χ1) is 8.09. The van der Waals surface area contributed by atoms with Crippen LogP contribution in [-0.2, 0) is 20.6 Å². The standard InChI is InChI=1S/C10H12BrN5O/c1-15-7(3-4-13-15)5-12-8-6-14-16(2)10(17)9(8)11/h3-4,6,12H,5H2,1-2H3. The lowest BCUT2D eigenvalue weighted by Gasteiger charge is -2.08. The van der Waals surface area contributed by atoms with Gasteiger partial charge in [0.1, 0.15) is 4.47 Å². The van der Waals surface area contributed by atoms with E-state index in [2.05, 4.69) is 31.4 Å². The fourth-order valence-electron chi connectivity index (χ4n) is 1.39. The van der Waals surface area contributed by atoms with Crippen LogP contribution < -0.4 is 10.9 Å². The largest absolute Gasteiger partial charge is 0.377 e. The first kappa shape index (κ1) is 11.8. The zero-order valence-corrected chi connectivity index (χ0v) is 11.1. The lowest BCUT2D eigenvalue weighted by molar-refractivity contribution is 0.700. The average Bonchev–Trinajstić information content (AvgIpc) is 2.71. The molecule has 6 nitrogen and oxygen atoms in total. The van der Waals surface area contributed by atoms with E-state index in [1.54, 1.807) is 24.1 Å². The van der Waals surface area contributed by atoms with Gasteiger partial charge < -0.3 is 5.32 Å². The van der Waals surface area contributed by atoms with E-state index in [0.717, 1.165) is 5.69 Å². The van der Waals surface area contributed by atoms with Crippen LogP contribution in [-0.4, -0.2) is 19.6 Å². The van der Waals surface area contributed by atoms with Crippen molar-refractivity contribution in [2.24, 2.45) is 14.1 Å². The minimum atomic E-state index is -0.167. The van der Waals surface area contributed by atoms with Gasteiger partial charge in [0.05, 0.1) is 24.1 Å². The van der Waals surface area contributed by atoms with Gasteiger partial charge in [-0.2, -0.15) is 10.2 Å². The molecule has 0 spiro atoms. The number of aryl methyl sites for hydroxylation is 2. The van der Waals surface area contributed by atoms with Crippen LogP contribution in [0.25, 0.3) is 0 Å². The topological polar surface area (TPSA) is 64.7 Å². The molecule has 17 heavy (non-hydrogen) atoms. The van der Waals surface area contributed by atoms with Gasteiger partial charge in [-0.1, -0.05) is 0 Å². The van der Waals surface area contributed by atoms with Crippen LogP contribution in [0.15, 0.2) is 27.7 Å². The normalized spacial score (nSPS) is 10.5. The molecule has 0 unspecified atom stereocenters. The summed E-state index contributed by atoms with van der Waals surface area (Å²) in [4.78, 5) is 11.6. The summed E-state index contributed by atoms with van der Waals surface area (Å²) in [6.45, 7) is 0.587. The monoisotopic (exact) mass is 297 g/mol. The van der Waals surface area contributed by atoms with Crippen molar-refractivity contribution in [2.75, 3.05) is 5.32 Å². The fourth-order valence-corrected chi connectivity index (χ4v) is 1.89. The maximum absolute atomic E-state index is 11.6. The molecule has 0 amide bonds. The number of hydrogen-bond donors (Lipinski definition) is 1. The van der Waals surface area contributed by atoms with Crippen LogP contribution >= 0.6 is 15.9 Å². The van der Waals surface area contributed by atoms with Gasteiger partial charge in [0.2, 0.25) is 0 Å². The van der Waals surface area contributed by atoms with Gasteiger partial charge in [-0.05, 0) is 22.0 Å². The molecule has 0 aromatic carbocycles. The third-order valence-corrected chi connectivity index (χ3v) is 3.23. The SMILES string of the molecule is Cn1nccc1CNc1cnn(C)c(=O)c1Br. The van der Waals surface area contributed by atoms with Gasteiger partial charge in [-0.3, -0.25) is 9.48 Å². The van der Waals surface area contributed by atoms with E-state index in [-0.39, 0.29) is 5.56 Å². The Morgan fingerprint density at radius 3 is 2.76 bits per heavy atom. The van der Waals surface area contributed by atoms with Crippen molar-refractivity contribution in [1.82, 2.24) is 19.6 Å². The number of anilines is 1. The smallest absolute Gasteiger partial charge is 0.282 e. The number of nitrogens with zero attached hydrogens (tertiary/aromatic N) is 4. The molecule has 0 aliphatic carbocycles. The van der Waals surface area contributed by atoms with Gasteiger partial charge >= 0.3 is 0 Å². The van der Waals surface area contributed by atoms with Crippen molar-refractivity contribution in [3.8, 4) is 0 Å². The molecular formula is C10H12BrN5O. The quantitative estimate of drug-likeness (QED) is 0.914. The number of aromatic nitrogens is 4. The van der Waals surface area contributed by atoms with Crippen molar-refractivity contribution >= 4 is 21.6 Å². The molecule has 0 bridgehead atoms. The van der Waals surface area contributed by atoms with E-state index in [1.807, 2.05) is 13.1 Å². The Morgan fingerprint density at radius 1 is 1.35 bits per heavy atom. The van der Waals surface area contributed by atoms with Crippen LogP contribution in [0.3, 0.4) is 0 Å². The van der Waals surface area contributed by atoms with Crippen molar-refractivity contribution in [3.05, 3.63) is 39.0 Å². The summed E-state index contributed by atoms with van der Waals surface area (Å²) in [6, 6.07) is 1.91. The van der Waals surface area contributed by atoms with Crippen molar-refractivity contribution in [1.29, 1.82) is 0 Å². The third-order valence-electron chi connectivity index (χ3n) is 2.46. The van der Waals surface area contributed by atoms with Gasteiger partial charge in [0.15, 0.2) is 0 Å². The minimum Gasteiger partial charge on any atom is -0.377 e. The predicted octanol–water partition coefficient (Wildman–Crippen LogP) is 0.888. The van der Waals surface area contributed by atoms with Gasteiger partial charge in [0, 0.05) is 20.3 Å². The molecule has 1 N–H and O–H groups in total. The molecule has 0 aliphatic rings. The first-order valence-electron chi connectivity index (χ1n) is 5.02. The highest BCUT2D eigenvalue weighted by molar-refractivity contribution is 9.10. The Labute approximate surface area is 106 Å². The summed E-state index contributed by atoms with van der Waals surface area (Å²) in [6.07, 6.45) is 3.34. The molecule has 0 atom stereocenters. The Kier molecular flexibility index (Phi) is 3.28. The molecule has 0 aliphatic heterocycles. The van der Waals surface area contributed by atoms with Gasteiger partial charge in [-0.15, -0.1) is 0 Å². The van der Waals surface area contributed by atoms with E-state index in [1.165, 1.54) is 4.68 Å². The Balaban J connectivity index is 2.18. The predicted molar refractivity (Wildman–Crippen MR) is 67.7 cm³/mol. The lowest BCUT2D eigenvalue weighted by Crippen LogP contribution is -2.21. The van der Waals surface area contributed by atoms with E-state index in [9.17, 15) is 4.79 Å². The lowest BCUT2D eigenvalue weighted by atomic mass is 10.4. The molecule has 0 saturated heterocycles. The summed E-state index contributed by atoms with van der Waals surface area (Å²) in [5, 5.41) is 11.2. The Bertz CT molecular complexity index is 589. The second kappa shape index (κ2) is 4.70. The van der Waals surface area contributed by atoms with Crippen LogP contribution in [0.5, 0.6) is 0 Å². The fraction of sp³-hybridized carbons (Fsp3) is 0.300. The van der Waals surface area contributed by atoms with Crippen molar-refractivity contribution in [2.45, 2.75) is 6.54 Å². The zero-order valence-electron chi connectivity index (χ0n) is 9.51. The number of rotatable bonds is 3. The highest BCUT2D eigenvalue weighted by Crippen LogP contribution is 2.16. The highest BCUT2D eigenvalue weighted by atomic mass is 79.9. The zero-order chi connectivity index (χ0) is 12.4.